The van der Waals surface area contributed by atoms with E-state index in [-0.39, 0.29) is 0 Å². The molecular formula is C18H31N3. The lowest BCUT2D eigenvalue weighted by Crippen LogP contribution is -2.59. The maximum atomic E-state index is 4.64. The Morgan fingerprint density at radius 2 is 2.10 bits per heavy atom. The summed E-state index contributed by atoms with van der Waals surface area (Å²) in [6.45, 7) is 14.7. The Bertz CT molecular complexity index is 450. The van der Waals surface area contributed by atoms with Gasteiger partial charge in [0.05, 0.1) is 5.69 Å². The van der Waals surface area contributed by atoms with Crippen molar-refractivity contribution in [3.05, 3.63) is 29.6 Å². The van der Waals surface area contributed by atoms with Crippen LogP contribution in [0.3, 0.4) is 0 Å². The molecule has 21 heavy (non-hydrogen) atoms. The lowest BCUT2D eigenvalue weighted by Gasteiger charge is -2.45. The standard InChI is InChI=1S/C18H31N3/c1-6-14-9-8-10-19-16(14)12-21-13-17(18(3,4)5)20-11-15(21)7-2/h8-10,15,17,20H,6-7,11-13H2,1-5H3. The summed E-state index contributed by atoms with van der Waals surface area (Å²) in [6.07, 6.45) is 4.19. The Kier molecular flexibility index (Phi) is 5.39. The fourth-order valence-corrected chi connectivity index (χ4v) is 3.16. The van der Waals surface area contributed by atoms with E-state index in [1.807, 2.05) is 6.20 Å². The highest BCUT2D eigenvalue weighted by atomic mass is 15.2. The molecule has 2 atom stereocenters. The van der Waals surface area contributed by atoms with Gasteiger partial charge in [-0.15, -0.1) is 0 Å². The van der Waals surface area contributed by atoms with Crippen LogP contribution in [0.5, 0.6) is 0 Å². The SMILES string of the molecule is CCc1cccnc1CN1CC(C(C)(C)C)NCC1CC. The minimum absolute atomic E-state index is 0.300. The van der Waals surface area contributed by atoms with E-state index in [9.17, 15) is 0 Å². The minimum atomic E-state index is 0.300. The Balaban J connectivity index is 2.14. The molecule has 1 aliphatic heterocycles. The highest BCUT2D eigenvalue weighted by molar-refractivity contribution is 5.19. The van der Waals surface area contributed by atoms with Crippen LogP contribution >= 0.6 is 0 Å². The molecule has 1 aromatic heterocycles. The number of aryl methyl sites for hydroxylation is 1. The van der Waals surface area contributed by atoms with E-state index in [4.69, 9.17) is 0 Å². The van der Waals surface area contributed by atoms with Gasteiger partial charge in [0.15, 0.2) is 0 Å². The first-order chi connectivity index (χ1) is 9.95. The van der Waals surface area contributed by atoms with Gasteiger partial charge in [0.25, 0.3) is 0 Å². The fraction of sp³-hybridized carbons (Fsp3) is 0.722. The Morgan fingerprint density at radius 1 is 1.33 bits per heavy atom. The van der Waals surface area contributed by atoms with Gasteiger partial charge in [-0.05, 0) is 29.9 Å². The Morgan fingerprint density at radius 3 is 2.71 bits per heavy atom. The summed E-state index contributed by atoms with van der Waals surface area (Å²) in [5.74, 6) is 0. The zero-order valence-corrected chi connectivity index (χ0v) is 14.3. The third kappa shape index (κ3) is 4.04. The predicted molar refractivity (Wildman–Crippen MR) is 89.3 cm³/mol. The number of pyridine rings is 1. The molecule has 1 aromatic rings. The molecule has 0 aromatic carbocycles. The van der Waals surface area contributed by atoms with Gasteiger partial charge < -0.3 is 5.32 Å². The summed E-state index contributed by atoms with van der Waals surface area (Å²) >= 11 is 0. The van der Waals surface area contributed by atoms with Crippen LogP contribution in [0.2, 0.25) is 0 Å². The highest BCUT2D eigenvalue weighted by Gasteiger charge is 2.33. The van der Waals surface area contributed by atoms with Gasteiger partial charge >= 0.3 is 0 Å². The maximum absolute atomic E-state index is 4.64. The summed E-state index contributed by atoms with van der Waals surface area (Å²) in [7, 11) is 0. The molecule has 1 aliphatic rings. The predicted octanol–water partition coefficient (Wildman–Crippen LogP) is 3.24. The third-order valence-electron chi connectivity index (χ3n) is 4.77. The van der Waals surface area contributed by atoms with Gasteiger partial charge in [-0.25, -0.2) is 0 Å². The second-order valence-corrected chi connectivity index (χ2v) is 7.28. The molecule has 2 rings (SSSR count). The molecule has 3 heteroatoms. The van der Waals surface area contributed by atoms with Crippen LogP contribution in [0.1, 0.15) is 52.3 Å². The van der Waals surface area contributed by atoms with E-state index < -0.39 is 0 Å². The van der Waals surface area contributed by atoms with E-state index in [1.165, 1.54) is 17.7 Å². The first-order valence-electron chi connectivity index (χ1n) is 8.35. The summed E-state index contributed by atoms with van der Waals surface area (Å²) in [4.78, 5) is 7.27. The van der Waals surface area contributed by atoms with Gasteiger partial charge in [-0.2, -0.15) is 0 Å². The largest absolute Gasteiger partial charge is 0.311 e. The van der Waals surface area contributed by atoms with E-state index in [1.54, 1.807) is 0 Å². The van der Waals surface area contributed by atoms with Crippen LogP contribution < -0.4 is 5.32 Å². The molecule has 0 saturated carbocycles. The molecule has 1 fully saturated rings. The third-order valence-corrected chi connectivity index (χ3v) is 4.77. The molecule has 2 heterocycles. The fourth-order valence-electron chi connectivity index (χ4n) is 3.16. The van der Waals surface area contributed by atoms with Crippen LogP contribution in [-0.2, 0) is 13.0 Å². The van der Waals surface area contributed by atoms with Gasteiger partial charge in [0.2, 0.25) is 0 Å². The number of hydrogen-bond acceptors (Lipinski definition) is 3. The number of nitrogens with zero attached hydrogens (tertiary/aromatic N) is 2. The van der Waals surface area contributed by atoms with Crippen LogP contribution in [0.25, 0.3) is 0 Å². The van der Waals surface area contributed by atoms with Crippen LogP contribution in [-0.4, -0.2) is 35.1 Å². The average molecular weight is 289 g/mol. The molecule has 118 valence electrons. The topological polar surface area (TPSA) is 28.2 Å². The van der Waals surface area contributed by atoms with Crippen LogP contribution in [0.4, 0.5) is 0 Å². The molecule has 0 amide bonds. The lowest BCUT2D eigenvalue weighted by atomic mass is 9.84. The van der Waals surface area contributed by atoms with Crippen molar-refractivity contribution in [3.8, 4) is 0 Å². The van der Waals surface area contributed by atoms with Crippen molar-refractivity contribution in [1.29, 1.82) is 0 Å². The van der Waals surface area contributed by atoms with Crippen LogP contribution in [0, 0.1) is 5.41 Å². The first kappa shape index (κ1) is 16.4. The number of hydrogen-bond donors (Lipinski definition) is 1. The van der Waals surface area contributed by atoms with Crippen molar-refractivity contribution in [2.24, 2.45) is 5.41 Å². The van der Waals surface area contributed by atoms with Gasteiger partial charge in [0.1, 0.15) is 0 Å². The van der Waals surface area contributed by atoms with E-state index in [2.05, 4.69) is 62.0 Å². The maximum Gasteiger partial charge on any atom is 0.0575 e. The molecule has 1 N–H and O–H groups in total. The molecule has 0 aliphatic carbocycles. The zero-order chi connectivity index (χ0) is 15.5. The van der Waals surface area contributed by atoms with E-state index in [0.29, 0.717) is 17.5 Å². The number of rotatable bonds is 4. The first-order valence-corrected chi connectivity index (χ1v) is 8.35. The van der Waals surface area contributed by atoms with Crippen molar-refractivity contribution >= 4 is 0 Å². The quantitative estimate of drug-likeness (QED) is 0.922. The van der Waals surface area contributed by atoms with Crippen molar-refractivity contribution in [2.45, 2.75) is 66.1 Å². The van der Waals surface area contributed by atoms with Gasteiger partial charge in [-0.3, -0.25) is 9.88 Å². The molecule has 2 unspecified atom stereocenters. The Labute approximate surface area is 130 Å². The molecule has 0 radical (unpaired) electrons. The van der Waals surface area contributed by atoms with Crippen molar-refractivity contribution < 1.29 is 0 Å². The Hall–Kier alpha value is -0.930. The number of piperazine rings is 1. The normalized spacial score (nSPS) is 24.2. The highest BCUT2D eigenvalue weighted by Crippen LogP contribution is 2.25. The average Bonchev–Trinajstić information content (AvgIpc) is 2.47. The molecule has 3 nitrogen and oxygen atoms in total. The van der Waals surface area contributed by atoms with E-state index >= 15 is 0 Å². The summed E-state index contributed by atoms with van der Waals surface area (Å²) in [6, 6.07) is 5.44. The zero-order valence-electron chi connectivity index (χ0n) is 14.3. The van der Waals surface area contributed by atoms with Crippen LogP contribution in [0.15, 0.2) is 18.3 Å². The van der Waals surface area contributed by atoms with Gasteiger partial charge in [0, 0.05) is 37.9 Å². The second-order valence-electron chi connectivity index (χ2n) is 7.28. The molecule has 0 spiro atoms. The smallest absolute Gasteiger partial charge is 0.0575 e. The molecule has 0 bridgehead atoms. The lowest BCUT2D eigenvalue weighted by molar-refractivity contribution is 0.0763. The summed E-state index contributed by atoms with van der Waals surface area (Å²) in [5, 5.41) is 3.74. The van der Waals surface area contributed by atoms with Crippen molar-refractivity contribution in [3.63, 3.8) is 0 Å². The summed E-state index contributed by atoms with van der Waals surface area (Å²) < 4.78 is 0. The number of nitrogens with one attached hydrogen (secondary N) is 1. The molecular weight excluding hydrogens is 258 g/mol. The van der Waals surface area contributed by atoms with E-state index in [0.717, 1.165) is 26.1 Å². The summed E-state index contributed by atoms with van der Waals surface area (Å²) in [5.41, 5.74) is 2.94. The monoisotopic (exact) mass is 289 g/mol. The van der Waals surface area contributed by atoms with Crippen molar-refractivity contribution in [2.75, 3.05) is 13.1 Å². The number of aromatic nitrogens is 1. The van der Waals surface area contributed by atoms with Gasteiger partial charge in [-0.1, -0.05) is 40.7 Å². The minimum Gasteiger partial charge on any atom is -0.311 e. The second kappa shape index (κ2) is 6.89. The van der Waals surface area contributed by atoms with Crippen molar-refractivity contribution in [1.82, 2.24) is 15.2 Å². The molecule has 1 saturated heterocycles.